The molecular formula is C9H18IN3. The zero-order chi connectivity index (χ0) is 9.68. The smallest absolute Gasteiger partial charge is 0.125 e. The van der Waals surface area contributed by atoms with Crippen molar-refractivity contribution in [1.29, 1.82) is 0 Å². The summed E-state index contributed by atoms with van der Waals surface area (Å²) in [4.78, 5) is 0. The molecule has 1 unspecified atom stereocenters. The van der Waals surface area contributed by atoms with E-state index in [1.165, 1.54) is 25.7 Å². The molecule has 0 saturated carbocycles. The van der Waals surface area contributed by atoms with E-state index in [1.54, 1.807) is 0 Å². The van der Waals surface area contributed by atoms with Crippen molar-refractivity contribution >= 4 is 29.2 Å². The van der Waals surface area contributed by atoms with Crippen LogP contribution in [-0.4, -0.2) is 27.2 Å². The summed E-state index contributed by atoms with van der Waals surface area (Å²) < 4.78 is 2.11. The van der Waals surface area contributed by atoms with Crippen LogP contribution in [0.4, 0.5) is 0 Å². The molecule has 1 atom stereocenters. The summed E-state index contributed by atoms with van der Waals surface area (Å²) in [5.41, 5.74) is 0. The number of halogens is 1. The maximum absolute atomic E-state index is 4.32. The standard InChI is InChI=1S/C9H18IN3/c1-3-4-5-6-7-13-9(2)12(10)8-11-13/h8-9H,3-7H2,1-2H3. The van der Waals surface area contributed by atoms with Crippen LogP contribution in [0.5, 0.6) is 0 Å². The Labute approximate surface area is 94.7 Å². The van der Waals surface area contributed by atoms with Crippen molar-refractivity contribution in [1.82, 2.24) is 8.12 Å². The van der Waals surface area contributed by atoms with Crippen LogP contribution in [0.3, 0.4) is 0 Å². The van der Waals surface area contributed by atoms with E-state index in [1.807, 2.05) is 6.34 Å². The van der Waals surface area contributed by atoms with Crippen LogP contribution < -0.4 is 0 Å². The SMILES string of the molecule is CCCCCCN1N=CN(I)C1C. The molecule has 0 spiro atoms. The number of unbranched alkanes of at least 4 members (excludes halogenated alkanes) is 3. The second-order valence-electron chi connectivity index (χ2n) is 3.43. The molecule has 1 heterocycles. The van der Waals surface area contributed by atoms with Gasteiger partial charge < -0.3 is 0 Å². The van der Waals surface area contributed by atoms with E-state index in [-0.39, 0.29) is 0 Å². The minimum atomic E-state index is 0.433. The highest BCUT2D eigenvalue weighted by molar-refractivity contribution is 14.1. The summed E-state index contributed by atoms with van der Waals surface area (Å²) in [6.45, 7) is 5.51. The molecule has 1 rings (SSSR count). The second-order valence-corrected chi connectivity index (χ2v) is 4.54. The summed E-state index contributed by atoms with van der Waals surface area (Å²) in [6, 6.07) is 0. The van der Waals surface area contributed by atoms with Crippen LogP contribution in [0.1, 0.15) is 39.5 Å². The molecule has 0 aromatic rings. The minimum Gasteiger partial charge on any atom is -0.281 e. The fourth-order valence-corrected chi connectivity index (χ4v) is 1.78. The summed E-state index contributed by atoms with van der Waals surface area (Å²) in [5, 5.41) is 6.48. The van der Waals surface area contributed by atoms with Crippen LogP contribution in [0, 0.1) is 0 Å². The predicted octanol–water partition coefficient (Wildman–Crippen LogP) is 2.82. The highest BCUT2D eigenvalue weighted by Gasteiger charge is 2.20. The number of hydrogen-bond acceptors (Lipinski definition) is 3. The van der Waals surface area contributed by atoms with E-state index in [2.05, 4.69) is 49.9 Å². The molecule has 4 heteroatoms. The van der Waals surface area contributed by atoms with Crippen molar-refractivity contribution in [3.8, 4) is 0 Å². The first-order chi connectivity index (χ1) is 6.25. The quantitative estimate of drug-likeness (QED) is 0.441. The van der Waals surface area contributed by atoms with Crippen molar-refractivity contribution in [2.24, 2.45) is 5.10 Å². The van der Waals surface area contributed by atoms with Crippen molar-refractivity contribution in [3.05, 3.63) is 0 Å². The van der Waals surface area contributed by atoms with Gasteiger partial charge in [0.25, 0.3) is 0 Å². The van der Waals surface area contributed by atoms with E-state index in [0.717, 1.165) is 6.54 Å². The molecule has 0 bridgehead atoms. The summed E-state index contributed by atoms with van der Waals surface area (Å²) in [7, 11) is 0. The van der Waals surface area contributed by atoms with E-state index in [9.17, 15) is 0 Å². The van der Waals surface area contributed by atoms with Gasteiger partial charge in [-0.2, -0.15) is 5.10 Å². The normalized spacial score (nSPS) is 21.6. The molecule has 1 aliphatic heterocycles. The Balaban J connectivity index is 2.12. The molecule has 76 valence electrons. The minimum absolute atomic E-state index is 0.433. The van der Waals surface area contributed by atoms with Gasteiger partial charge in [-0.1, -0.05) is 26.2 Å². The third kappa shape index (κ3) is 3.32. The van der Waals surface area contributed by atoms with Gasteiger partial charge in [-0.05, 0) is 13.3 Å². The van der Waals surface area contributed by atoms with Gasteiger partial charge in [0.15, 0.2) is 0 Å². The molecule has 0 amide bonds. The maximum Gasteiger partial charge on any atom is 0.125 e. The highest BCUT2D eigenvalue weighted by atomic mass is 127. The molecule has 0 saturated heterocycles. The van der Waals surface area contributed by atoms with Gasteiger partial charge in [-0.15, -0.1) is 0 Å². The lowest BCUT2D eigenvalue weighted by Crippen LogP contribution is -2.31. The Morgan fingerprint density at radius 1 is 1.38 bits per heavy atom. The molecule has 0 fully saturated rings. The molecule has 1 aliphatic rings. The third-order valence-corrected chi connectivity index (χ3v) is 3.39. The Hall–Kier alpha value is 0. The lowest BCUT2D eigenvalue weighted by atomic mass is 10.2. The predicted molar refractivity (Wildman–Crippen MR) is 64.7 cm³/mol. The molecular weight excluding hydrogens is 277 g/mol. The number of nitrogens with zero attached hydrogens (tertiary/aromatic N) is 3. The molecule has 0 aromatic carbocycles. The molecule has 0 N–H and O–H groups in total. The molecule has 13 heavy (non-hydrogen) atoms. The van der Waals surface area contributed by atoms with E-state index in [4.69, 9.17) is 0 Å². The monoisotopic (exact) mass is 295 g/mol. The summed E-state index contributed by atoms with van der Waals surface area (Å²) in [5.74, 6) is 0. The van der Waals surface area contributed by atoms with Crippen molar-refractivity contribution in [2.45, 2.75) is 45.7 Å². The van der Waals surface area contributed by atoms with Gasteiger partial charge in [0.2, 0.25) is 0 Å². The van der Waals surface area contributed by atoms with Crippen LogP contribution >= 0.6 is 22.9 Å². The van der Waals surface area contributed by atoms with E-state index >= 15 is 0 Å². The topological polar surface area (TPSA) is 18.8 Å². The van der Waals surface area contributed by atoms with Gasteiger partial charge in [0, 0.05) is 6.54 Å². The van der Waals surface area contributed by atoms with Crippen molar-refractivity contribution < 1.29 is 0 Å². The molecule has 0 aromatic heterocycles. The van der Waals surface area contributed by atoms with Crippen molar-refractivity contribution in [2.75, 3.05) is 6.54 Å². The molecule has 3 nitrogen and oxygen atoms in total. The van der Waals surface area contributed by atoms with E-state index < -0.39 is 0 Å². The third-order valence-electron chi connectivity index (χ3n) is 2.34. The highest BCUT2D eigenvalue weighted by Crippen LogP contribution is 2.16. The number of rotatable bonds is 5. The largest absolute Gasteiger partial charge is 0.281 e. The lowest BCUT2D eigenvalue weighted by Gasteiger charge is -2.22. The number of hydrazone groups is 1. The zero-order valence-electron chi connectivity index (χ0n) is 8.41. The fourth-order valence-electron chi connectivity index (χ4n) is 1.38. The Kier molecular flexibility index (Phi) is 4.83. The van der Waals surface area contributed by atoms with Gasteiger partial charge in [-0.3, -0.25) is 8.12 Å². The Morgan fingerprint density at radius 3 is 2.69 bits per heavy atom. The Bertz CT molecular complexity index is 172. The maximum atomic E-state index is 4.32. The fraction of sp³-hybridized carbons (Fsp3) is 0.889. The van der Waals surface area contributed by atoms with Crippen LogP contribution in [0.15, 0.2) is 5.10 Å². The first-order valence-electron chi connectivity index (χ1n) is 5.00. The van der Waals surface area contributed by atoms with Gasteiger partial charge >= 0.3 is 0 Å². The molecule has 0 radical (unpaired) electrons. The average molecular weight is 295 g/mol. The average Bonchev–Trinajstić information content (AvgIpc) is 2.43. The van der Waals surface area contributed by atoms with Crippen LogP contribution in [-0.2, 0) is 0 Å². The van der Waals surface area contributed by atoms with Gasteiger partial charge in [0.05, 0.1) is 22.9 Å². The first-order valence-corrected chi connectivity index (χ1v) is 5.97. The number of hydrogen-bond donors (Lipinski definition) is 0. The summed E-state index contributed by atoms with van der Waals surface area (Å²) in [6.07, 6.45) is 7.57. The second kappa shape index (κ2) is 5.67. The van der Waals surface area contributed by atoms with Crippen LogP contribution in [0.2, 0.25) is 0 Å². The lowest BCUT2D eigenvalue weighted by molar-refractivity contribution is 0.199. The van der Waals surface area contributed by atoms with Crippen LogP contribution in [0.25, 0.3) is 0 Å². The molecule has 0 aliphatic carbocycles. The Morgan fingerprint density at radius 2 is 2.15 bits per heavy atom. The zero-order valence-corrected chi connectivity index (χ0v) is 10.6. The first kappa shape index (κ1) is 11.1. The van der Waals surface area contributed by atoms with Gasteiger partial charge in [-0.25, -0.2) is 0 Å². The van der Waals surface area contributed by atoms with Gasteiger partial charge in [0.1, 0.15) is 12.5 Å². The van der Waals surface area contributed by atoms with Crippen molar-refractivity contribution in [3.63, 3.8) is 0 Å². The summed E-state index contributed by atoms with van der Waals surface area (Å²) >= 11 is 2.28. The van der Waals surface area contributed by atoms with E-state index in [0.29, 0.717) is 6.17 Å².